The number of hydrogen-bond donors (Lipinski definition) is 0. The van der Waals surface area contributed by atoms with E-state index in [0.29, 0.717) is 18.1 Å². The van der Waals surface area contributed by atoms with E-state index in [4.69, 9.17) is 9.15 Å². The van der Waals surface area contributed by atoms with E-state index in [-0.39, 0.29) is 11.8 Å². The van der Waals surface area contributed by atoms with E-state index >= 15 is 0 Å². The van der Waals surface area contributed by atoms with Gasteiger partial charge < -0.3 is 9.15 Å². The van der Waals surface area contributed by atoms with Crippen molar-refractivity contribution in [3.63, 3.8) is 0 Å². The number of rotatable bonds is 5. The van der Waals surface area contributed by atoms with Gasteiger partial charge in [-0.3, -0.25) is 4.98 Å². The van der Waals surface area contributed by atoms with Gasteiger partial charge >= 0.3 is 0 Å². The summed E-state index contributed by atoms with van der Waals surface area (Å²) in [5.74, 6) is 0.778. The number of aryl methyl sites for hydroxylation is 1. The second-order valence-electron chi connectivity index (χ2n) is 5.01. The molecule has 0 bridgehead atoms. The zero-order valence-electron chi connectivity index (χ0n) is 12.7. The van der Waals surface area contributed by atoms with Crippen LogP contribution < -0.4 is 4.74 Å². The highest BCUT2D eigenvalue weighted by Crippen LogP contribution is 2.22. The van der Waals surface area contributed by atoms with E-state index in [9.17, 15) is 4.39 Å². The van der Waals surface area contributed by atoms with Gasteiger partial charge in [0.05, 0.1) is 11.3 Å². The quantitative estimate of drug-likeness (QED) is 0.718. The van der Waals surface area contributed by atoms with Gasteiger partial charge in [-0.05, 0) is 32.0 Å². The molecule has 0 aromatic carbocycles. The third kappa shape index (κ3) is 3.50. The zero-order chi connectivity index (χ0) is 16.2. The molecule has 0 N–H and O–H groups in total. The lowest BCUT2D eigenvalue weighted by Crippen LogP contribution is -2.00. The lowest BCUT2D eigenvalue weighted by Gasteiger charge is -2.07. The molecule has 3 aromatic rings. The minimum absolute atomic E-state index is 0.0435. The minimum Gasteiger partial charge on any atom is -0.471 e. The first-order valence-corrected chi connectivity index (χ1v) is 7.10. The Bertz CT molecular complexity index is 787. The highest BCUT2D eigenvalue weighted by Gasteiger charge is 2.14. The van der Waals surface area contributed by atoms with E-state index < -0.39 is 6.17 Å². The van der Waals surface area contributed by atoms with Gasteiger partial charge in [0.2, 0.25) is 11.8 Å². The molecule has 0 amide bonds. The van der Waals surface area contributed by atoms with Crippen LogP contribution in [0.5, 0.6) is 5.88 Å². The largest absolute Gasteiger partial charge is 0.471 e. The molecular formula is C16H15FN4O2. The molecule has 3 aromatic heterocycles. The number of halogens is 1. The van der Waals surface area contributed by atoms with Crippen LogP contribution in [0.3, 0.4) is 0 Å². The fraction of sp³-hybridized carbons (Fsp3) is 0.250. The maximum Gasteiger partial charge on any atom is 0.250 e. The molecule has 3 rings (SSSR count). The molecule has 118 valence electrons. The molecule has 0 saturated heterocycles. The summed E-state index contributed by atoms with van der Waals surface area (Å²) in [4.78, 5) is 8.44. The Labute approximate surface area is 132 Å². The molecule has 0 saturated carbocycles. The minimum atomic E-state index is -1.29. The van der Waals surface area contributed by atoms with Crippen molar-refractivity contribution in [3.8, 4) is 17.3 Å². The Kier molecular flexibility index (Phi) is 4.27. The molecule has 0 aliphatic heterocycles. The number of pyridine rings is 2. The summed E-state index contributed by atoms with van der Waals surface area (Å²) in [7, 11) is 0. The third-order valence-corrected chi connectivity index (χ3v) is 3.17. The van der Waals surface area contributed by atoms with Crippen molar-refractivity contribution in [2.45, 2.75) is 26.6 Å². The summed E-state index contributed by atoms with van der Waals surface area (Å²) in [5, 5.41) is 7.45. The number of alkyl halides is 1. The number of aromatic nitrogens is 4. The van der Waals surface area contributed by atoms with E-state index in [0.717, 1.165) is 11.3 Å². The molecule has 0 aliphatic carbocycles. The number of nitrogens with zero attached hydrogens (tertiary/aromatic N) is 4. The first-order chi connectivity index (χ1) is 11.1. The van der Waals surface area contributed by atoms with Gasteiger partial charge in [0.25, 0.3) is 5.89 Å². The molecular weight excluding hydrogens is 299 g/mol. The van der Waals surface area contributed by atoms with Crippen LogP contribution >= 0.6 is 0 Å². The molecule has 1 atom stereocenters. The lowest BCUT2D eigenvalue weighted by atomic mass is 10.2. The van der Waals surface area contributed by atoms with Crippen molar-refractivity contribution in [2.75, 3.05) is 0 Å². The van der Waals surface area contributed by atoms with Gasteiger partial charge in [-0.2, -0.15) is 0 Å². The van der Waals surface area contributed by atoms with Gasteiger partial charge in [0.1, 0.15) is 6.61 Å². The molecule has 3 heterocycles. The Morgan fingerprint density at radius 2 is 2.09 bits per heavy atom. The molecule has 0 radical (unpaired) electrons. The highest BCUT2D eigenvalue weighted by molar-refractivity contribution is 5.50. The van der Waals surface area contributed by atoms with Gasteiger partial charge in [-0.15, -0.1) is 10.2 Å². The summed E-state index contributed by atoms with van der Waals surface area (Å²) in [6.07, 6.45) is 1.97. The Hall–Kier alpha value is -2.83. The fourth-order valence-electron chi connectivity index (χ4n) is 1.91. The van der Waals surface area contributed by atoms with E-state index in [2.05, 4.69) is 20.2 Å². The number of ether oxygens (including phenoxy) is 1. The van der Waals surface area contributed by atoms with Gasteiger partial charge in [-0.25, -0.2) is 9.37 Å². The summed E-state index contributed by atoms with van der Waals surface area (Å²) in [6, 6.07) is 7.34. The van der Waals surface area contributed by atoms with Crippen molar-refractivity contribution in [1.29, 1.82) is 0 Å². The topological polar surface area (TPSA) is 73.9 Å². The highest BCUT2D eigenvalue weighted by atomic mass is 19.1. The Balaban J connectivity index is 1.68. The molecule has 0 spiro atoms. The van der Waals surface area contributed by atoms with Crippen molar-refractivity contribution in [1.82, 2.24) is 20.2 Å². The fourth-order valence-corrected chi connectivity index (χ4v) is 1.91. The van der Waals surface area contributed by atoms with Gasteiger partial charge in [0, 0.05) is 18.0 Å². The van der Waals surface area contributed by atoms with Crippen LogP contribution in [0.1, 0.15) is 30.2 Å². The van der Waals surface area contributed by atoms with Crippen LogP contribution in [0.2, 0.25) is 0 Å². The maximum absolute atomic E-state index is 13.1. The predicted octanol–water partition coefficient (Wildman–Crippen LogP) is 3.44. The monoisotopic (exact) mass is 314 g/mol. The summed E-state index contributed by atoms with van der Waals surface area (Å²) < 4.78 is 24.0. The number of hydrogen-bond acceptors (Lipinski definition) is 6. The Morgan fingerprint density at radius 3 is 2.74 bits per heavy atom. The molecule has 23 heavy (non-hydrogen) atoms. The predicted molar refractivity (Wildman–Crippen MR) is 80.4 cm³/mol. The average Bonchev–Trinajstić information content (AvgIpc) is 3.05. The van der Waals surface area contributed by atoms with Crippen LogP contribution in [0.4, 0.5) is 4.39 Å². The van der Waals surface area contributed by atoms with Crippen molar-refractivity contribution >= 4 is 0 Å². The molecule has 0 fully saturated rings. The van der Waals surface area contributed by atoms with Crippen molar-refractivity contribution in [3.05, 3.63) is 53.8 Å². The van der Waals surface area contributed by atoms with E-state index in [1.165, 1.54) is 6.92 Å². The van der Waals surface area contributed by atoms with Crippen molar-refractivity contribution < 1.29 is 13.5 Å². The standard InChI is InChI=1S/C16H15FN4O2/c1-10-4-3-7-18-14(10)22-9-13-6-5-12(8-19-13)16-21-20-15(23-16)11(2)17/h3-8,11H,9H2,1-2H3. The van der Waals surface area contributed by atoms with Crippen molar-refractivity contribution in [2.24, 2.45) is 0 Å². The molecule has 1 unspecified atom stereocenters. The average molecular weight is 314 g/mol. The van der Waals surface area contributed by atoms with Crippen LogP contribution in [0.15, 0.2) is 41.1 Å². The lowest BCUT2D eigenvalue weighted by molar-refractivity contribution is 0.287. The Morgan fingerprint density at radius 1 is 1.22 bits per heavy atom. The van der Waals surface area contributed by atoms with Crippen LogP contribution in [-0.2, 0) is 6.61 Å². The third-order valence-electron chi connectivity index (χ3n) is 3.17. The molecule has 6 nitrogen and oxygen atoms in total. The maximum atomic E-state index is 13.1. The second kappa shape index (κ2) is 6.51. The van der Waals surface area contributed by atoms with Gasteiger partial charge in [-0.1, -0.05) is 6.07 Å². The SMILES string of the molecule is Cc1cccnc1OCc1ccc(-c2nnc(C(C)F)o2)cn1. The van der Waals surface area contributed by atoms with Crippen LogP contribution in [0, 0.1) is 6.92 Å². The summed E-state index contributed by atoms with van der Waals surface area (Å²) in [6.45, 7) is 3.57. The van der Waals surface area contributed by atoms with Crippen LogP contribution in [0.25, 0.3) is 11.5 Å². The summed E-state index contributed by atoms with van der Waals surface area (Å²) >= 11 is 0. The van der Waals surface area contributed by atoms with Gasteiger partial charge in [0.15, 0.2) is 6.17 Å². The normalized spacial score (nSPS) is 12.1. The second-order valence-corrected chi connectivity index (χ2v) is 5.01. The zero-order valence-corrected chi connectivity index (χ0v) is 12.7. The first kappa shape index (κ1) is 15.1. The van der Waals surface area contributed by atoms with E-state index in [1.807, 2.05) is 19.1 Å². The smallest absolute Gasteiger partial charge is 0.250 e. The first-order valence-electron chi connectivity index (χ1n) is 7.10. The summed E-state index contributed by atoms with van der Waals surface area (Å²) in [5.41, 5.74) is 2.32. The van der Waals surface area contributed by atoms with Crippen LogP contribution in [-0.4, -0.2) is 20.2 Å². The van der Waals surface area contributed by atoms with E-state index in [1.54, 1.807) is 24.5 Å². The molecule has 7 heteroatoms. The molecule has 0 aliphatic rings.